The SMILES string of the molecule is CCCC[C@@H](N)c1cc(C(F)(F)F)ccc1C(F)(F)F. The molecule has 0 fully saturated rings. The number of halogens is 6. The van der Waals surface area contributed by atoms with E-state index in [1.165, 1.54) is 0 Å². The minimum Gasteiger partial charge on any atom is -0.324 e. The molecule has 0 saturated carbocycles. The molecule has 1 aromatic rings. The quantitative estimate of drug-likeness (QED) is 0.785. The Hall–Kier alpha value is -1.24. The molecule has 0 amide bonds. The fourth-order valence-electron chi connectivity index (χ4n) is 1.88. The molecule has 20 heavy (non-hydrogen) atoms. The second-order valence-electron chi connectivity index (χ2n) is 4.55. The van der Waals surface area contributed by atoms with Crippen LogP contribution in [0.15, 0.2) is 18.2 Å². The van der Waals surface area contributed by atoms with Gasteiger partial charge in [-0.1, -0.05) is 19.8 Å². The molecule has 0 aliphatic heterocycles. The molecule has 7 heteroatoms. The van der Waals surface area contributed by atoms with Gasteiger partial charge in [-0.05, 0) is 30.2 Å². The van der Waals surface area contributed by atoms with E-state index in [4.69, 9.17) is 5.73 Å². The van der Waals surface area contributed by atoms with E-state index in [1.807, 2.05) is 6.92 Å². The Balaban J connectivity index is 3.27. The first-order chi connectivity index (χ1) is 9.07. The van der Waals surface area contributed by atoms with Gasteiger partial charge in [0, 0.05) is 6.04 Å². The highest BCUT2D eigenvalue weighted by molar-refractivity contribution is 5.37. The molecule has 0 saturated heterocycles. The van der Waals surface area contributed by atoms with E-state index in [2.05, 4.69) is 0 Å². The third-order valence-electron chi connectivity index (χ3n) is 2.95. The van der Waals surface area contributed by atoms with E-state index in [0.717, 1.165) is 0 Å². The summed E-state index contributed by atoms with van der Waals surface area (Å²) in [7, 11) is 0. The van der Waals surface area contributed by atoms with Crippen molar-refractivity contribution >= 4 is 0 Å². The second kappa shape index (κ2) is 6.03. The molecule has 0 bridgehead atoms. The third-order valence-corrected chi connectivity index (χ3v) is 2.95. The average molecular weight is 299 g/mol. The number of benzene rings is 1. The van der Waals surface area contributed by atoms with E-state index >= 15 is 0 Å². The number of alkyl halides is 6. The summed E-state index contributed by atoms with van der Waals surface area (Å²) in [6.45, 7) is 1.82. The van der Waals surface area contributed by atoms with Crippen LogP contribution >= 0.6 is 0 Å². The molecule has 0 spiro atoms. The smallest absolute Gasteiger partial charge is 0.324 e. The first kappa shape index (κ1) is 16.8. The van der Waals surface area contributed by atoms with E-state index < -0.39 is 35.1 Å². The van der Waals surface area contributed by atoms with Gasteiger partial charge in [-0.25, -0.2) is 0 Å². The van der Waals surface area contributed by atoms with E-state index in [-0.39, 0.29) is 6.42 Å². The van der Waals surface area contributed by atoms with Crippen LogP contribution in [-0.4, -0.2) is 0 Å². The molecular formula is C13H15F6N. The van der Waals surface area contributed by atoms with Gasteiger partial charge in [0.1, 0.15) is 0 Å². The summed E-state index contributed by atoms with van der Waals surface area (Å²) in [5, 5.41) is 0. The van der Waals surface area contributed by atoms with Crippen molar-refractivity contribution in [2.45, 2.75) is 44.6 Å². The lowest BCUT2D eigenvalue weighted by Gasteiger charge is -2.20. The highest BCUT2D eigenvalue weighted by Crippen LogP contribution is 2.39. The molecule has 0 aliphatic rings. The Bertz CT molecular complexity index is 449. The van der Waals surface area contributed by atoms with E-state index in [9.17, 15) is 26.3 Å². The van der Waals surface area contributed by atoms with Gasteiger partial charge in [-0.2, -0.15) is 26.3 Å². The highest BCUT2D eigenvalue weighted by Gasteiger charge is 2.37. The first-order valence-electron chi connectivity index (χ1n) is 6.11. The van der Waals surface area contributed by atoms with Crippen molar-refractivity contribution < 1.29 is 26.3 Å². The topological polar surface area (TPSA) is 26.0 Å². The molecular weight excluding hydrogens is 284 g/mol. The second-order valence-corrected chi connectivity index (χ2v) is 4.55. The first-order valence-corrected chi connectivity index (χ1v) is 6.11. The summed E-state index contributed by atoms with van der Waals surface area (Å²) in [5.41, 5.74) is 2.90. The lowest BCUT2D eigenvalue weighted by atomic mass is 9.94. The maximum Gasteiger partial charge on any atom is 0.416 e. The van der Waals surface area contributed by atoms with Crippen LogP contribution in [-0.2, 0) is 12.4 Å². The van der Waals surface area contributed by atoms with Crippen molar-refractivity contribution in [2.24, 2.45) is 5.73 Å². The Morgan fingerprint density at radius 3 is 2.10 bits per heavy atom. The molecule has 1 atom stereocenters. The fourth-order valence-corrected chi connectivity index (χ4v) is 1.88. The number of hydrogen-bond acceptors (Lipinski definition) is 1. The molecule has 1 aromatic carbocycles. The normalized spacial score (nSPS) is 14.4. The largest absolute Gasteiger partial charge is 0.416 e. The standard InChI is InChI=1S/C13H15F6N/c1-2-3-4-11(20)9-7-8(12(14,15)16)5-6-10(9)13(17,18)19/h5-7,11H,2-4,20H2,1H3/t11-/m1/s1. The van der Waals surface area contributed by atoms with Crippen molar-refractivity contribution in [3.63, 3.8) is 0 Å². The lowest BCUT2D eigenvalue weighted by molar-refractivity contribution is -0.142. The van der Waals surface area contributed by atoms with Crippen LogP contribution in [0, 0.1) is 0 Å². The average Bonchev–Trinajstić information content (AvgIpc) is 2.33. The summed E-state index contributed by atoms with van der Waals surface area (Å²) in [5.74, 6) is 0. The number of hydrogen-bond donors (Lipinski definition) is 1. The van der Waals surface area contributed by atoms with Crippen LogP contribution in [0.4, 0.5) is 26.3 Å². The number of unbranched alkanes of at least 4 members (excludes halogenated alkanes) is 1. The van der Waals surface area contributed by atoms with Crippen LogP contribution in [0.25, 0.3) is 0 Å². The van der Waals surface area contributed by atoms with Gasteiger partial charge in [-0.3, -0.25) is 0 Å². The minimum absolute atomic E-state index is 0.209. The summed E-state index contributed by atoms with van der Waals surface area (Å²) in [6, 6.07) is 0.320. The van der Waals surface area contributed by atoms with Crippen molar-refractivity contribution in [3.8, 4) is 0 Å². The lowest BCUT2D eigenvalue weighted by Crippen LogP contribution is -2.19. The van der Waals surface area contributed by atoms with Crippen LogP contribution in [0.2, 0.25) is 0 Å². The maximum atomic E-state index is 12.8. The molecule has 0 radical (unpaired) electrons. The minimum atomic E-state index is -4.72. The highest BCUT2D eigenvalue weighted by atomic mass is 19.4. The monoisotopic (exact) mass is 299 g/mol. The van der Waals surface area contributed by atoms with Gasteiger partial charge in [-0.15, -0.1) is 0 Å². The predicted octanol–water partition coefficient (Wildman–Crippen LogP) is 4.91. The molecule has 114 valence electrons. The van der Waals surface area contributed by atoms with Crippen molar-refractivity contribution in [1.29, 1.82) is 0 Å². The summed E-state index contributed by atoms with van der Waals surface area (Å²) >= 11 is 0. The molecule has 1 nitrogen and oxygen atoms in total. The van der Waals surface area contributed by atoms with Crippen molar-refractivity contribution in [2.75, 3.05) is 0 Å². The van der Waals surface area contributed by atoms with Gasteiger partial charge in [0.05, 0.1) is 11.1 Å². The molecule has 0 aliphatic carbocycles. The summed E-state index contributed by atoms with van der Waals surface area (Å²) in [4.78, 5) is 0. The zero-order valence-corrected chi connectivity index (χ0v) is 10.8. The number of nitrogens with two attached hydrogens (primary N) is 1. The van der Waals surface area contributed by atoms with Gasteiger partial charge < -0.3 is 5.73 Å². The van der Waals surface area contributed by atoms with Gasteiger partial charge >= 0.3 is 12.4 Å². The Labute approximate surface area is 112 Å². The molecule has 2 N–H and O–H groups in total. The fraction of sp³-hybridized carbons (Fsp3) is 0.538. The predicted molar refractivity (Wildman–Crippen MR) is 62.9 cm³/mol. The Morgan fingerprint density at radius 1 is 1.05 bits per heavy atom. The van der Waals surface area contributed by atoms with Gasteiger partial charge in [0.15, 0.2) is 0 Å². The zero-order chi connectivity index (χ0) is 15.6. The van der Waals surface area contributed by atoms with Crippen molar-refractivity contribution in [3.05, 3.63) is 34.9 Å². The summed E-state index contributed by atoms with van der Waals surface area (Å²) in [6.07, 6.45) is -7.95. The number of rotatable bonds is 4. The van der Waals surface area contributed by atoms with Gasteiger partial charge in [0.25, 0.3) is 0 Å². The van der Waals surface area contributed by atoms with Crippen LogP contribution < -0.4 is 5.73 Å². The van der Waals surface area contributed by atoms with Crippen molar-refractivity contribution in [1.82, 2.24) is 0 Å². The van der Waals surface area contributed by atoms with Gasteiger partial charge in [0.2, 0.25) is 0 Å². The zero-order valence-electron chi connectivity index (χ0n) is 10.8. The summed E-state index contributed by atoms with van der Waals surface area (Å²) < 4.78 is 76.2. The third kappa shape index (κ3) is 4.13. The molecule has 1 rings (SSSR count). The maximum absolute atomic E-state index is 12.8. The molecule has 0 unspecified atom stereocenters. The van der Waals surface area contributed by atoms with Crippen LogP contribution in [0.3, 0.4) is 0 Å². The van der Waals surface area contributed by atoms with E-state index in [1.54, 1.807) is 0 Å². The van der Waals surface area contributed by atoms with Crippen LogP contribution in [0.5, 0.6) is 0 Å². The Kier molecular flexibility index (Phi) is 5.07. The Morgan fingerprint density at radius 2 is 1.65 bits per heavy atom. The molecule has 0 heterocycles. The van der Waals surface area contributed by atoms with E-state index in [0.29, 0.717) is 31.0 Å². The van der Waals surface area contributed by atoms with Crippen LogP contribution in [0.1, 0.15) is 48.9 Å². The molecule has 0 aromatic heterocycles.